The molecule has 1 aromatic heterocycles. The number of nitrogens with one attached hydrogen (secondary N) is 1. The maximum atomic E-state index is 12.4. The molecule has 0 spiro atoms. The first kappa shape index (κ1) is 18.5. The molecule has 0 aliphatic heterocycles. The van der Waals surface area contributed by atoms with Gasteiger partial charge in [-0.25, -0.2) is 4.79 Å². The van der Waals surface area contributed by atoms with Gasteiger partial charge < -0.3 is 14.6 Å². The van der Waals surface area contributed by atoms with E-state index in [1.807, 2.05) is 32.0 Å². The van der Waals surface area contributed by atoms with E-state index in [0.717, 1.165) is 29.2 Å². The number of thioether (sulfide) groups is 1. The number of hydrogen-bond acceptors (Lipinski definition) is 6. The Bertz CT molecular complexity index is 785. The summed E-state index contributed by atoms with van der Waals surface area (Å²) in [5, 5.41) is 6.82. The van der Waals surface area contributed by atoms with Gasteiger partial charge in [-0.15, -0.1) is 11.8 Å². The Morgan fingerprint density at radius 3 is 2.85 bits per heavy atom. The van der Waals surface area contributed by atoms with Gasteiger partial charge in [-0.2, -0.15) is 0 Å². The van der Waals surface area contributed by atoms with Crippen LogP contribution in [0, 0.1) is 12.8 Å². The highest BCUT2D eigenvalue weighted by Gasteiger charge is 2.29. The van der Waals surface area contributed by atoms with Crippen LogP contribution in [-0.2, 0) is 15.3 Å². The van der Waals surface area contributed by atoms with Crippen molar-refractivity contribution in [2.75, 3.05) is 6.61 Å². The molecule has 0 saturated heterocycles. The van der Waals surface area contributed by atoms with Crippen LogP contribution >= 0.6 is 11.8 Å². The Labute approximate surface area is 156 Å². The first-order valence-corrected chi connectivity index (χ1v) is 9.62. The number of benzene rings is 1. The third kappa shape index (κ3) is 5.11. The van der Waals surface area contributed by atoms with E-state index >= 15 is 0 Å². The number of aryl methyl sites for hydroxylation is 1. The third-order valence-electron chi connectivity index (χ3n) is 4.21. The standard InChI is InChI=1S/C19H22N2O4S/c1-12-9-15(21-25-12)11-26-17-6-4-3-5-16(17)19(23)24-10-18(22)20-13(2)14-7-8-14/h3-6,9,13-14H,7-8,10-11H2,1-2H3,(H,20,22)/t13-/m0/s1. The first-order chi connectivity index (χ1) is 12.5. The number of carbonyl (C=O) groups is 2. The van der Waals surface area contributed by atoms with Crippen LogP contribution < -0.4 is 5.32 Å². The molecule has 0 radical (unpaired) electrons. The fourth-order valence-corrected chi connectivity index (χ4v) is 3.54. The van der Waals surface area contributed by atoms with Gasteiger partial charge in [0.2, 0.25) is 0 Å². The molecule has 3 rings (SSSR count). The Morgan fingerprint density at radius 1 is 1.38 bits per heavy atom. The van der Waals surface area contributed by atoms with E-state index in [9.17, 15) is 9.59 Å². The van der Waals surface area contributed by atoms with Crippen molar-refractivity contribution in [2.24, 2.45) is 5.92 Å². The summed E-state index contributed by atoms with van der Waals surface area (Å²) in [4.78, 5) is 25.1. The molecule has 2 aromatic rings. The fraction of sp³-hybridized carbons (Fsp3) is 0.421. The van der Waals surface area contributed by atoms with Gasteiger partial charge in [-0.3, -0.25) is 4.79 Å². The molecule has 1 aromatic carbocycles. The molecular weight excluding hydrogens is 352 g/mol. The van der Waals surface area contributed by atoms with E-state index in [4.69, 9.17) is 9.26 Å². The number of amides is 1. The van der Waals surface area contributed by atoms with Crippen LogP contribution in [0.4, 0.5) is 0 Å². The zero-order valence-corrected chi connectivity index (χ0v) is 15.7. The molecule has 1 amide bonds. The second-order valence-corrected chi connectivity index (χ2v) is 7.50. The molecule has 26 heavy (non-hydrogen) atoms. The van der Waals surface area contributed by atoms with Crippen molar-refractivity contribution >= 4 is 23.6 Å². The highest BCUT2D eigenvalue weighted by molar-refractivity contribution is 7.98. The van der Waals surface area contributed by atoms with Crippen LogP contribution in [0.3, 0.4) is 0 Å². The van der Waals surface area contributed by atoms with Gasteiger partial charge in [0.1, 0.15) is 5.76 Å². The molecular formula is C19H22N2O4S. The van der Waals surface area contributed by atoms with Gasteiger partial charge in [0.15, 0.2) is 6.61 Å². The van der Waals surface area contributed by atoms with E-state index in [2.05, 4.69) is 10.5 Å². The summed E-state index contributed by atoms with van der Waals surface area (Å²) in [6.45, 7) is 3.55. The van der Waals surface area contributed by atoms with E-state index in [1.54, 1.807) is 12.1 Å². The van der Waals surface area contributed by atoms with E-state index in [-0.39, 0.29) is 18.6 Å². The smallest absolute Gasteiger partial charge is 0.339 e. The number of carbonyl (C=O) groups excluding carboxylic acids is 2. The van der Waals surface area contributed by atoms with Gasteiger partial charge in [0.05, 0.1) is 11.3 Å². The second-order valence-electron chi connectivity index (χ2n) is 6.48. The Morgan fingerprint density at radius 2 is 2.15 bits per heavy atom. The quantitative estimate of drug-likeness (QED) is 0.564. The third-order valence-corrected chi connectivity index (χ3v) is 5.32. The highest BCUT2D eigenvalue weighted by Crippen LogP contribution is 2.32. The molecule has 7 heteroatoms. The summed E-state index contributed by atoms with van der Waals surface area (Å²) in [7, 11) is 0. The maximum Gasteiger partial charge on any atom is 0.339 e. The molecule has 0 bridgehead atoms. The lowest BCUT2D eigenvalue weighted by molar-refractivity contribution is -0.125. The first-order valence-electron chi connectivity index (χ1n) is 8.63. The number of aromatic nitrogens is 1. The molecule has 1 aliphatic carbocycles. The average Bonchev–Trinajstić information content (AvgIpc) is 3.40. The summed E-state index contributed by atoms with van der Waals surface area (Å²) < 4.78 is 10.2. The van der Waals surface area contributed by atoms with Crippen LogP contribution in [0.25, 0.3) is 0 Å². The number of nitrogens with zero attached hydrogens (tertiary/aromatic N) is 1. The maximum absolute atomic E-state index is 12.4. The summed E-state index contributed by atoms with van der Waals surface area (Å²) in [5.41, 5.74) is 1.25. The minimum absolute atomic E-state index is 0.134. The van der Waals surface area contributed by atoms with Crippen LogP contribution in [0.15, 0.2) is 39.8 Å². The molecule has 138 valence electrons. The molecule has 1 saturated carbocycles. The minimum atomic E-state index is -0.501. The van der Waals surface area contributed by atoms with Gasteiger partial charge in [-0.1, -0.05) is 17.3 Å². The molecule has 1 heterocycles. The van der Waals surface area contributed by atoms with Crippen molar-refractivity contribution in [1.82, 2.24) is 10.5 Å². The van der Waals surface area contributed by atoms with Gasteiger partial charge >= 0.3 is 5.97 Å². The van der Waals surface area contributed by atoms with Gasteiger partial charge in [-0.05, 0) is 44.7 Å². The number of esters is 1. The second kappa shape index (κ2) is 8.40. The van der Waals surface area contributed by atoms with E-state index in [1.165, 1.54) is 11.8 Å². The molecule has 6 nitrogen and oxygen atoms in total. The number of ether oxygens (including phenoxy) is 1. The molecule has 1 atom stereocenters. The van der Waals surface area contributed by atoms with Crippen molar-refractivity contribution in [3.63, 3.8) is 0 Å². The van der Waals surface area contributed by atoms with Crippen molar-refractivity contribution in [3.8, 4) is 0 Å². The summed E-state index contributed by atoms with van der Waals surface area (Å²) in [5.74, 6) is 1.13. The Hall–Kier alpha value is -2.28. The highest BCUT2D eigenvalue weighted by atomic mass is 32.2. The molecule has 1 N–H and O–H groups in total. The predicted octanol–water partition coefficient (Wildman–Crippen LogP) is 3.35. The summed E-state index contributed by atoms with van der Waals surface area (Å²) >= 11 is 1.48. The Kier molecular flexibility index (Phi) is 5.98. The lowest BCUT2D eigenvalue weighted by atomic mass is 10.2. The predicted molar refractivity (Wildman–Crippen MR) is 97.9 cm³/mol. The van der Waals surface area contributed by atoms with Crippen molar-refractivity contribution in [1.29, 1.82) is 0 Å². The van der Waals surface area contributed by atoms with Crippen LogP contribution in [-0.4, -0.2) is 29.7 Å². The number of hydrogen-bond donors (Lipinski definition) is 1. The van der Waals surface area contributed by atoms with Crippen molar-refractivity contribution in [2.45, 2.75) is 43.4 Å². The van der Waals surface area contributed by atoms with Crippen LogP contribution in [0.5, 0.6) is 0 Å². The van der Waals surface area contributed by atoms with E-state index in [0.29, 0.717) is 17.2 Å². The van der Waals surface area contributed by atoms with Crippen LogP contribution in [0.1, 0.15) is 41.6 Å². The van der Waals surface area contributed by atoms with E-state index < -0.39 is 5.97 Å². The zero-order chi connectivity index (χ0) is 18.5. The monoisotopic (exact) mass is 374 g/mol. The van der Waals surface area contributed by atoms with Crippen molar-refractivity contribution in [3.05, 3.63) is 47.3 Å². The summed E-state index contributed by atoms with van der Waals surface area (Å²) in [6, 6.07) is 9.18. The summed E-state index contributed by atoms with van der Waals surface area (Å²) in [6.07, 6.45) is 2.30. The lowest BCUT2D eigenvalue weighted by Crippen LogP contribution is -2.37. The topological polar surface area (TPSA) is 81.4 Å². The molecule has 1 fully saturated rings. The fourth-order valence-electron chi connectivity index (χ4n) is 2.62. The van der Waals surface area contributed by atoms with Gasteiger partial charge in [0.25, 0.3) is 5.91 Å². The van der Waals surface area contributed by atoms with Crippen molar-refractivity contribution < 1.29 is 18.8 Å². The molecule has 1 aliphatic rings. The average molecular weight is 374 g/mol. The van der Waals surface area contributed by atoms with Crippen LogP contribution in [0.2, 0.25) is 0 Å². The number of rotatable bonds is 8. The van der Waals surface area contributed by atoms with Gasteiger partial charge in [0, 0.05) is 22.8 Å². The minimum Gasteiger partial charge on any atom is -0.452 e. The molecule has 0 unspecified atom stereocenters. The normalized spacial score (nSPS) is 14.7. The zero-order valence-electron chi connectivity index (χ0n) is 14.9. The SMILES string of the molecule is Cc1cc(CSc2ccccc2C(=O)OCC(=O)N[C@@H](C)C2CC2)no1. The largest absolute Gasteiger partial charge is 0.452 e. The Balaban J connectivity index is 1.54. The lowest BCUT2D eigenvalue weighted by Gasteiger charge is -2.13.